The van der Waals surface area contributed by atoms with E-state index in [4.69, 9.17) is 10.2 Å². The molecule has 0 bridgehead atoms. The molecule has 3 N–H and O–H groups in total. The van der Waals surface area contributed by atoms with Crippen LogP contribution in [0.5, 0.6) is 0 Å². The van der Waals surface area contributed by atoms with Crippen molar-refractivity contribution in [3.8, 4) is 0 Å². The zero-order valence-electron chi connectivity index (χ0n) is 20.3. The van der Waals surface area contributed by atoms with Gasteiger partial charge in [-0.1, -0.05) is 43.5 Å². The van der Waals surface area contributed by atoms with E-state index in [0.29, 0.717) is 23.1 Å². The highest BCUT2D eigenvalue weighted by atomic mass is 16.4. The van der Waals surface area contributed by atoms with Gasteiger partial charge in [0.15, 0.2) is 0 Å². The van der Waals surface area contributed by atoms with Crippen LogP contribution in [-0.2, 0) is 0 Å². The molecule has 6 heteroatoms. The molecule has 2 aliphatic carbocycles. The summed E-state index contributed by atoms with van der Waals surface area (Å²) in [6.45, 7) is 0. The number of nitrogens with one attached hydrogen (secondary N) is 1. The van der Waals surface area contributed by atoms with Gasteiger partial charge in [-0.15, -0.1) is 0 Å². The Bertz CT molecular complexity index is 1420. The fourth-order valence-electron chi connectivity index (χ4n) is 5.66. The van der Waals surface area contributed by atoms with E-state index in [2.05, 4.69) is 40.2 Å². The largest absolute Gasteiger partial charge is 0.478 e. The number of benzene rings is 2. The van der Waals surface area contributed by atoms with Crippen molar-refractivity contribution in [3.05, 3.63) is 83.7 Å². The molecule has 186 valence electrons. The maximum absolute atomic E-state index is 11.0. The molecule has 0 aliphatic heterocycles. The molecule has 6 nitrogen and oxygen atoms in total. The van der Waals surface area contributed by atoms with Crippen molar-refractivity contribution in [2.75, 3.05) is 0 Å². The Morgan fingerprint density at radius 3 is 2.33 bits per heavy atom. The highest BCUT2D eigenvalue weighted by Crippen LogP contribution is 2.36. The van der Waals surface area contributed by atoms with E-state index in [1.54, 1.807) is 24.3 Å². The summed E-state index contributed by atoms with van der Waals surface area (Å²) in [6, 6.07) is 13.2. The second-order valence-electron chi connectivity index (χ2n) is 9.88. The van der Waals surface area contributed by atoms with Gasteiger partial charge >= 0.3 is 11.9 Å². The molecule has 2 aliphatic rings. The van der Waals surface area contributed by atoms with Gasteiger partial charge in [0, 0.05) is 34.9 Å². The second-order valence-corrected chi connectivity index (χ2v) is 9.88. The van der Waals surface area contributed by atoms with Gasteiger partial charge in [0.2, 0.25) is 0 Å². The molecule has 0 amide bonds. The maximum Gasteiger partial charge on any atom is 0.335 e. The Kier molecular flexibility index (Phi) is 6.94. The number of aromatic nitrogens is 2. The minimum Gasteiger partial charge on any atom is -0.478 e. The highest BCUT2D eigenvalue weighted by molar-refractivity contribution is 5.95. The summed E-state index contributed by atoms with van der Waals surface area (Å²) < 4.78 is 2.21. The third kappa shape index (κ3) is 4.94. The number of hydrogen-bond donors (Lipinski definition) is 3. The van der Waals surface area contributed by atoms with Gasteiger partial charge in [0.1, 0.15) is 0 Å². The maximum atomic E-state index is 11.0. The number of hydrogen-bond acceptors (Lipinski definition) is 2. The van der Waals surface area contributed by atoms with E-state index in [1.807, 2.05) is 12.1 Å². The van der Waals surface area contributed by atoms with Gasteiger partial charge < -0.3 is 19.8 Å². The first-order valence-corrected chi connectivity index (χ1v) is 12.8. The van der Waals surface area contributed by atoms with Crippen LogP contribution in [0.25, 0.3) is 21.8 Å². The standard InChI is InChI=1S/C15H17NO2.C15H15NO2/c17-15(18)11-6-7-12-13(9-16-14(12)8-11)10-4-2-1-3-5-10;17-15(18)12-7-6-11-8-9-16(14(11)10-12)13-4-2-1-3-5-13/h6-10,16H,1-5H2,(H,17,18);1-2,6-10,13H,3-5H2,(H,17,18). The number of carboxylic acids is 2. The molecule has 0 radical (unpaired) electrons. The molecular weight excluding hydrogens is 452 g/mol. The van der Waals surface area contributed by atoms with E-state index >= 15 is 0 Å². The highest BCUT2D eigenvalue weighted by Gasteiger charge is 2.19. The monoisotopic (exact) mass is 484 g/mol. The van der Waals surface area contributed by atoms with Crippen LogP contribution < -0.4 is 0 Å². The molecule has 1 fully saturated rings. The molecule has 6 rings (SSSR count). The van der Waals surface area contributed by atoms with Crippen LogP contribution in [0.4, 0.5) is 0 Å². The predicted molar refractivity (Wildman–Crippen MR) is 142 cm³/mol. The minimum atomic E-state index is -0.870. The molecule has 2 heterocycles. The number of carbonyl (C=O) groups is 2. The van der Waals surface area contributed by atoms with Crippen molar-refractivity contribution in [1.82, 2.24) is 9.55 Å². The third-order valence-electron chi connectivity index (χ3n) is 7.61. The Balaban J connectivity index is 0.000000148. The molecule has 0 spiro atoms. The predicted octanol–water partition coefficient (Wildman–Crippen LogP) is 7.53. The van der Waals surface area contributed by atoms with Crippen molar-refractivity contribution < 1.29 is 19.8 Å². The fourth-order valence-corrected chi connectivity index (χ4v) is 5.66. The summed E-state index contributed by atoms with van der Waals surface area (Å²) in [5.74, 6) is -1.10. The lowest BCUT2D eigenvalue weighted by Crippen LogP contribution is -2.09. The van der Waals surface area contributed by atoms with Gasteiger partial charge in [-0.3, -0.25) is 0 Å². The van der Waals surface area contributed by atoms with Gasteiger partial charge in [-0.25, -0.2) is 9.59 Å². The van der Waals surface area contributed by atoms with Gasteiger partial charge in [-0.2, -0.15) is 0 Å². The van der Waals surface area contributed by atoms with Crippen LogP contribution in [-0.4, -0.2) is 31.7 Å². The Morgan fingerprint density at radius 1 is 0.861 bits per heavy atom. The van der Waals surface area contributed by atoms with Crippen LogP contribution in [0, 0.1) is 0 Å². The first-order chi connectivity index (χ1) is 17.5. The van der Waals surface area contributed by atoms with E-state index < -0.39 is 11.9 Å². The van der Waals surface area contributed by atoms with Gasteiger partial charge in [0.05, 0.1) is 11.1 Å². The zero-order chi connectivity index (χ0) is 25.1. The number of aromatic amines is 1. The number of carboxylic acid groups (broad SMARTS) is 2. The molecule has 1 atom stereocenters. The third-order valence-corrected chi connectivity index (χ3v) is 7.61. The van der Waals surface area contributed by atoms with Gasteiger partial charge in [0.25, 0.3) is 0 Å². The number of nitrogens with zero attached hydrogens (tertiary/aromatic N) is 1. The lowest BCUT2D eigenvalue weighted by atomic mass is 9.84. The fraction of sp³-hybridized carbons (Fsp3) is 0.333. The average Bonchev–Trinajstić information content (AvgIpc) is 3.53. The smallest absolute Gasteiger partial charge is 0.335 e. The SMILES string of the molecule is O=C(O)c1ccc2c(C3CCCCC3)c[nH]c2c1.O=C(O)c1ccc2ccn(C3CC=CCC3)c2c1. The van der Waals surface area contributed by atoms with Gasteiger partial charge in [-0.05, 0) is 79.3 Å². The summed E-state index contributed by atoms with van der Waals surface area (Å²) in [6.07, 6.45) is 18.3. The summed E-state index contributed by atoms with van der Waals surface area (Å²) in [5, 5.41) is 20.3. The van der Waals surface area contributed by atoms with Crippen molar-refractivity contribution in [2.45, 2.75) is 63.3 Å². The number of fused-ring (bicyclic) bond motifs is 2. The Labute approximate surface area is 210 Å². The quantitative estimate of drug-likeness (QED) is 0.261. The van der Waals surface area contributed by atoms with Crippen molar-refractivity contribution in [2.24, 2.45) is 0 Å². The normalized spacial score (nSPS) is 18.2. The molecule has 0 saturated heterocycles. The van der Waals surface area contributed by atoms with Crippen LogP contribution in [0.1, 0.15) is 89.6 Å². The van der Waals surface area contributed by atoms with Crippen molar-refractivity contribution >= 4 is 33.7 Å². The zero-order valence-corrected chi connectivity index (χ0v) is 20.3. The number of aromatic carboxylic acids is 2. The summed E-state index contributed by atoms with van der Waals surface area (Å²) in [5.41, 5.74) is 4.03. The number of allylic oxidation sites excluding steroid dienone is 2. The minimum absolute atomic E-state index is 0.347. The molecule has 2 aromatic carbocycles. The first kappa shape index (κ1) is 23.9. The number of rotatable bonds is 4. The molecular formula is C30H32N2O4. The van der Waals surface area contributed by atoms with Crippen LogP contribution >= 0.6 is 0 Å². The first-order valence-electron chi connectivity index (χ1n) is 12.8. The molecule has 2 aromatic heterocycles. The Hall–Kier alpha value is -3.80. The summed E-state index contributed by atoms with van der Waals surface area (Å²) in [7, 11) is 0. The molecule has 1 saturated carbocycles. The summed E-state index contributed by atoms with van der Waals surface area (Å²) in [4.78, 5) is 25.2. The van der Waals surface area contributed by atoms with Crippen LogP contribution in [0.15, 0.2) is 67.0 Å². The van der Waals surface area contributed by atoms with Crippen molar-refractivity contribution in [3.63, 3.8) is 0 Å². The van der Waals surface area contributed by atoms with E-state index in [0.717, 1.165) is 35.7 Å². The van der Waals surface area contributed by atoms with E-state index in [1.165, 1.54) is 43.1 Å². The van der Waals surface area contributed by atoms with E-state index in [-0.39, 0.29) is 0 Å². The van der Waals surface area contributed by atoms with Crippen LogP contribution in [0.2, 0.25) is 0 Å². The molecule has 1 unspecified atom stereocenters. The summed E-state index contributed by atoms with van der Waals surface area (Å²) >= 11 is 0. The topological polar surface area (TPSA) is 95.3 Å². The molecule has 36 heavy (non-hydrogen) atoms. The lowest BCUT2D eigenvalue weighted by Gasteiger charge is -2.21. The van der Waals surface area contributed by atoms with Crippen LogP contribution in [0.3, 0.4) is 0 Å². The average molecular weight is 485 g/mol. The lowest BCUT2D eigenvalue weighted by molar-refractivity contribution is 0.0686. The van der Waals surface area contributed by atoms with E-state index in [9.17, 15) is 9.59 Å². The van der Waals surface area contributed by atoms with Crippen molar-refractivity contribution in [1.29, 1.82) is 0 Å². The number of H-pyrrole nitrogens is 1. The molecule has 4 aromatic rings. The Morgan fingerprint density at radius 2 is 1.61 bits per heavy atom. The second kappa shape index (κ2) is 10.4.